The van der Waals surface area contributed by atoms with Gasteiger partial charge in [0.1, 0.15) is 5.75 Å². The Bertz CT molecular complexity index is 924. The van der Waals surface area contributed by atoms with Gasteiger partial charge in [-0.1, -0.05) is 12.1 Å². The summed E-state index contributed by atoms with van der Waals surface area (Å²) in [7, 11) is 3.70. The zero-order valence-corrected chi connectivity index (χ0v) is 15.5. The first kappa shape index (κ1) is 16.6. The SMILES string of the molecule is COc1cccc(-n2cccc2[C@H]2[C@H](c3ccccn3)NC(=S)N2C)c1. The summed E-state index contributed by atoms with van der Waals surface area (Å²) in [6, 6.07) is 18.2. The fourth-order valence-corrected chi connectivity index (χ4v) is 3.70. The van der Waals surface area contributed by atoms with Gasteiger partial charge >= 0.3 is 0 Å². The number of benzene rings is 1. The van der Waals surface area contributed by atoms with Gasteiger partial charge in [-0.15, -0.1) is 0 Å². The standard InChI is InChI=1S/C20H20N4OS/c1-23-19(18(22-20(23)26)16-9-3-4-11-21-16)17-10-6-12-24(17)14-7-5-8-15(13-14)25-2/h3-13,18-19H,1-2H3,(H,22,26)/t18-,19-/m0/s1. The van der Waals surface area contributed by atoms with E-state index in [4.69, 9.17) is 17.0 Å². The topological polar surface area (TPSA) is 42.3 Å². The van der Waals surface area contributed by atoms with Crippen LogP contribution in [-0.2, 0) is 0 Å². The van der Waals surface area contributed by atoms with Crippen LogP contribution in [0.5, 0.6) is 5.75 Å². The Morgan fingerprint density at radius 1 is 1.12 bits per heavy atom. The zero-order valence-electron chi connectivity index (χ0n) is 14.7. The molecule has 3 aromatic rings. The molecule has 2 aromatic heterocycles. The highest BCUT2D eigenvalue weighted by Gasteiger charge is 2.39. The molecule has 0 amide bonds. The second-order valence-corrected chi connectivity index (χ2v) is 6.63. The average Bonchev–Trinajstić information content (AvgIpc) is 3.27. The molecule has 0 bridgehead atoms. The third-order valence-corrected chi connectivity index (χ3v) is 5.16. The molecule has 6 heteroatoms. The fraction of sp³-hybridized carbons (Fsp3) is 0.200. The zero-order chi connectivity index (χ0) is 18.1. The molecule has 5 nitrogen and oxygen atoms in total. The molecule has 0 radical (unpaired) electrons. The normalized spacial score (nSPS) is 19.5. The van der Waals surface area contributed by atoms with Crippen molar-refractivity contribution in [2.75, 3.05) is 14.2 Å². The number of nitrogens with zero attached hydrogens (tertiary/aromatic N) is 3. The van der Waals surface area contributed by atoms with E-state index in [-0.39, 0.29) is 12.1 Å². The summed E-state index contributed by atoms with van der Waals surface area (Å²) in [4.78, 5) is 6.64. The van der Waals surface area contributed by atoms with E-state index >= 15 is 0 Å². The van der Waals surface area contributed by atoms with Crippen LogP contribution in [0.25, 0.3) is 5.69 Å². The first-order chi connectivity index (χ1) is 12.7. The maximum Gasteiger partial charge on any atom is 0.169 e. The molecule has 0 aliphatic carbocycles. The van der Waals surface area contributed by atoms with Gasteiger partial charge in [-0.25, -0.2) is 0 Å². The van der Waals surface area contributed by atoms with Gasteiger partial charge in [-0.05, 0) is 48.6 Å². The van der Waals surface area contributed by atoms with Crippen LogP contribution in [0, 0.1) is 0 Å². The van der Waals surface area contributed by atoms with Gasteiger partial charge in [-0.3, -0.25) is 4.98 Å². The molecule has 0 saturated carbocycles. The van der Waals surface area contributed by atoms with Gasteiger partial charge in [0.25, 0.3) is 0 Å². The van der Waals surface area contributed by atoms with Crippen molar-refractivity contribution in [1.82, 2.24) is 19.8 Å². The third-order valence-electron chi connectivity index (χ3n) is 4.75. The first-order valence-electron chi connectivity index (χ1n) is 8.45. The van der Waals surface area contributed by atoms with E-state index in [9.17, 15) is 0 Å². The Kier molecular flexibility index (Phi) is 4.34. The molecule has 0 unspecified atom stereocenters. The minimum Gasteiger partial charge on any atom is -0.497 e. The molecule has 4 rings (SSSR count). The van der Waals surface area contributed by atoms with Crippen molar-refractivity contribution in [1.29, 1.82) is 0 Å². The van der Waals surface area contributed by atoms with Crippen LogP contribution in [0.2, 0.25) is 0 Å². The van der Waals surface area contributed by atoms with E-state index in [1.807, 2.05) is 49.6 Å². The van der Waals surface area contributed by atoms with Crippen LogP contribution in [0.3, 0.4) is 0 Å². The molecule has 1 aliphatic heterocycles. The summed E-state index contributed by atoms with van der Waals surface area (Å²) in [6.45, 7) is 0. The predicted octanol–water partition coefficient (Wildman–Crippen LogP) is 3.48. The Labute approximate surface area is 158 Å². The van der Waals surface area contributed by atoms with E-state index in [2.05, 4.69) is 44.2 Å². The van der Waals surface area contributed by atoms with Crippen molar-refractivity contribution in [3.05, 3.63) is 78.4 Å². The monoisotopic (exact) mass is 364 g/mol. The molecule has 26 heavy (non-hydrogen) atoms. The minimum atomic E-state index is -0.00652. The second kappa shape index (κ2) is 6.80. The number of aromatic nitrogens is 2. The molecular weight excluding hydrogens is 344 g/mol. The maximum absolute atomic E-state index is 5.53. The van der Waals surface area contributed by atoms with Crippen molar-refractivity contribution in [2.24, 2.45) is 0 Å². The molecule has 2 atom stereocenters. The molecule has 1 saturated heterocycles. The van der Waals surface area contributed by atoms with E-state index < -0.39 is 0 Å². The van der Waals surface area contributed by atoms with Gasteiger partial charge in [0.2, 0.25) is 0 Å². The molecule has 1 aliphatic rings. The highest BCUT2D eigenvalue weighted by atomic mass is 32.1. The van der Waals surface area contributed by atoms with Gasteiger partial charge in [0.05, 0.1) is 24.9 Å². The maximum atomic E-state index is 5.53. The smallest absolute Gasteiger partial charge is 0.169 e. The quantitative estimate of drug-likeness (QED) is 0.718. The number of hydrogen-bond acceptors (Lipinski definition) is 3. The molecular formula is C20H20N4OS. The van der Waals surface area contributed by atoms with Crippen LogP contribution in [0.1, 0.15) is 23.5 Å². The number of nitrogens with one attached hydrogen (secondary N) is 1. The third kappa shape index (κ3) is 2.82. The number of rotatable bonds is 4. The van der Waals surface area contributed by atoms with Crippen LogP contribution in [0.4, 0.5) is 0 Å². The van der Waals surface area contributed by atoms with Crippen molar-refractivity contribution >= 4 is 17.3 Å². The van der Waals surface area contributed by atoms with E-state index in [0.717, 1.165) is 27.9 Å². The van der Waals surface area contributed by atoms with Crippen molar-refractivity contribution < 1.29 is 4.74 Å². The van der Waals surface area contributed by atoms with Gasteiger partial charge < -0.3 is 19.5 Å². The molecule has 3 heterocycles. The van der Waals surface area contributed by atoms with Crippen molar-refractivity contribution in [3.63, 3.8) is 0 Å². The predicted molar refractivity (Wildman–Crippen MR) is 106 cm³/mol. The number of ether oxygens (including phenoxy) is 1. The van der Waals surface area contributed by atoms with Crippen molar-refractivity contribution in [3.8, 4) is 11.4 Å². The summed E-state index contributed by atoms with van der Waals surface area (Å²) >= 11 is 5.53. The Morgan fingerprint density at radius 2 is 2.00 bits per heavy atom. The largest absolute Gasteiger partial charge is 0.497 e. The number of likely N-dealkylation sites (N-methyl/N-ethyl adjacent to an activating group) is 1. The van der Waals surface area contributed by atoms with E-state index in [1.54, 1.807) is 7.11 Å². The molecule has 132 valence electrons. The lowest BCUT2D eigenvalue weighted by molar-refractivity contribution is 0.357. The van der Waals surface area contributed by atoms with E-state index in [1.165, 1.54) is 0 Å². The lowest BCUT2D eigenvalue weighted by atomic mass is 10.0. The second-order valence-electron chi connectivity index (χ2n) is 6.24. The highest BCUT2D eigenvalue weighted by Crippen LogP contribution is 2.38. The summed E-state index contributed by atoms with van der Waals surface area (Å²) in [5.41, 5.74) is 3.17. The summed E-state index contributed by atoms with van der Waals surface area (Å²) in [5.74, 6) is 0.830. The van der Waals surface area contributed by atoms with Crippen molar-refractivity contribution in [2.45, 2.75) is 12.1 Å². The first-order valence-corrected chi connectivity index (χ1v) is 8.86. The Morgan fingerprint density at radius 3 is 2.77 bits per heavy atom. The van der Waals surface area contributed by atoms with Crippen LogP contribution in [0.15, 0.2) is 67.0 Å². The number of pyridine rings is 1. The summed E-state index contributed by atoms with van der Waals surface area (Å²) in [5, 5.41) is 4.14. The number of methoxy groups -OCH3 is 1. The average molecular weight is 364 g/mol. The van der Waals surface area contributed by atoms with E-state index in [0.29, 0.717) is 0 Å². The summed E-state index contributed by atoms with van der Waals surface area (Å²) in [6.07, 6.45) is 3.88. The molecule has 1 fully saturated rings. The van der Waals surface area contributed by atoms with Crippen LogP contribution >= 0.6 is 12.2 Å². The highest BCUT2D eigenvalue weighted by molar-refractivity contribution is 7.80. The number of thiocarbonyl (C=S) groups is 1. The summed E-state index contributed by atoms with van der Waals surface area (Å²) < 4.78 is 7.56. The van der Waals surface area contributed by atoms with Crippen LogP contribution in [-0.4, -0.2) is 33.7 Å². The van der Waals surface area contributed by atoms with Gasteiger partial charge in [0.15, 0.2) is 5.11 Å². The lowest BCUT2D eigenvalue weighted by Gasteiger charge is -2.25. The Balaban J connectivity index is 1.79. The van der Waals surface area contributed by atoms with Gasteiger partial charge in [0, 0.05) is 36.9 Å². The van der Waals surface area contributed by atoms with Gasteiger partial charge in [-0.2, -0.15) is 0 Å². The lowest BCUT2D eigenvalue weighted by Crippen LogP contribution is -2.25. The van der Waals surface area contributed by atoms with Crippen LogP contribution < -0.4 is 10.1 Å². The molecule has 1 aromatic carbocycles. The Hall–Kier alpha value is -2.86. The minimum absolute atomic E-state index is 0.00652. The molecule has 1 N–H and O–H groups in total. The molecule has 0 spiro atoms. The fourth-order valence-electron chi connectivity index (χ4n) is 3.46. The number of hydrogen-bond donors (Lipinski definition) is 1.